The molecule has 1 saturated heterocycles. The van der Waals surface area contributed by atoms with E-state index in [1.165, 1.54) is 11.8 Å². The number of amides is 2. The van der Waals surface area contributed by atoms with Crippen LogP contribution in [-0.2, 0) is 4.79 Å². The molecular weight excluding hydrogens is 517 g/mol. The highest BCUT2D eigenvalue weighted by molar-refractivity contribution is 7.99. The summed E-state index contributed by atoms with van der Waals surface area (Å²) in [5.74, 6) is 0.730. The summed E-state index contributed by atoms with van der Waals surface area (Å²) in [6, 6.07) is 18.3. The SMILES string of the molecule is CC(NC(=O)CSc1nc(Cl)cc(N2CCN(C(=O)c3ccc(Cl)cc3)C(C)C2)n1)c1ccccc1. The minimum Gasteiger partial charge on any atom is -0.353 e. The van der Waals surface area contributed by atoms with E-state index in [1.54, 1.807) is 30.3 Å². The highest BCUT2D eigenvalue weighted by Crippen LogP contribution is 2.25. The molecule has 0 spiro atoms. The Kier molecular flexibility index (Phi) is 8.72. The van der Waals surface area contributed by atoms with Crippen molar-refractivity contribution in [2.75, 3.05) is 30.3 Å². The number of carbonyl (C=O) groups excluding carboxylic acids is 2. The molecule has 4 rings (SSSR count). The fourth-order valence-electron chi connectivity index (χ4n) is 4.08. The molecular formula is C26H27Cl2N5O2S. The topological polar surface area (TPSA) is 78.4 Å². The number of thioether (sulfide) groups is 1. The summed E-state index contributed by atoms with van der Waals surface area (Å²) in [7, 11) is 0. The van der Waals surface area contributed by atoms with Crippen LogP contribution in [0, 0.1) is 0 Å². The van der Waals surface area contributed by atoms with Crippen molar-refractivity contribution in [1.82, 2.24) is 20.2 Å². The highest BCUT2D eigenvalue weighted by Gasteiger charge is 2.29. The normalized spacial score (nSPS) is 16.5. The molecule has 2 unspecified atom stereocenters. The Morgan fingerprint density at radius 2 is 1.81 bits per heavy atom. The van der Waals surface area contributed by atoms with Gasteiger partial charge in [0, 0.05) is 42.3 Å². The number of hydrogen-bond donors (Lipinski definition) is 1. The smallest absolute Gasteiger partial charge is 0.254 e. The molecule has 1 fully saturated rings. The van der Waals surface area contributed by atoms with Gasteiger partial charge in [-0.2, -0.15) is 0 Å². The van der Waals surface area contributed by atoms with Gasteiger partial charge in [-0.05, 0) is 43.7 Å². The Balaban J connectivity index is 1.35. The van der Waals surface area contributed by atoms with Gasteiger partial charge in [-0.25, -0.2) is 9.97 Å². The number of benzene rings is 2. The lowest BCUT2D eigenvalue weighted by atomic mass is 10.1. The maximum atomic E-state index is 13.0. The van der Waals surface area contributed by atoms with Crippen LogP contribution in [0.5, 0.6) is 0 Å². The van der Waals surface area contributed by atoms with E-state index < -0.39 is 0 Å². The summed E-state index contributed by atoms with van der Waals surface area (Å²) in [6.45, 7) is 5.72. The standard InChI is InChI=1S/C26H27Cl2N5O2S/c1-17-15-32(12-13-33(17)25(35)20-8-10-21(27)11-9-20)23-14-22(28)30-26(31-23)36-16-24(34)29-18(2)19-6-4-3-5-7-19/h3-11,14,17-18H,12-13,15-16H2,1-2H3,(H,29,34). The molecule has 1 aromatic heterocycles. The summed E-state index contributed by atoms with van der Waals surface area (Å²) in [6.07, 6.45) is 0. The fourth-order valence-corrected chi connectivity index (χ4v) is 5.09. The van der Waals surface area contributed by atoms with Gasteiger partial charge in [0.2, 0.25) is 5.91 Å². The number of nitrogens with zero attached hydrogens (tertiary/aromatic N) is 4. The minimum atomic E-state index is -0.107. The third-order valence-corrected chi connectivity index (χ3v) is 7.27. The van der Waals surface area contributed by atoms with E-state index >= 15 is 0 Å². The van der Waals surface area contributed by atoms with E-state index in [4.69, 9.17) is 23.2 Å². The molecule has 1 aliphatic rings. The summed E-state index contributed by atoms with van der Waals surface area (Å²) < 4.78 is 0. The van der Waals surface area contributed by atoms with Crippen LogP contribution in [0.2, 0.25) is 10.2 Å². The van der Waals surface area contributed by atoms with Crippen LogP contribution in [-0.4, -0.2) is 58.1 Å². The molecule has 2 atom stereocenters. The van der Waals surface area contributed by atoms with Crippen molar-refractivity contribution < 1.29 is 9.59 Å². The molecule has 10 heteroatoms. The van der Waals surface area contributed by atoms with Crippen LogP contribution < -0.4 is 10.2 Å². The van der Waals surface area contributed by atoms with E-state index in [0.717, 1.165) is 5.56 Å². The molecule has 2 amide bonds. The fraction of sp³-hybridized carbons (Fsp3) is 0.308. The number of hydrogen-bond acceptors (Lipinski definition) is 6. The van der Waals surface area contributed by atoms with Gasteiger partial charge in [0.05, 0.1) is 11.8 Å². The van der Waals surface area contributed by atoms with Gasteiger partial charge >= 0.3 is 0 Å². The van der Waals surface area contributed by atoms with E-state index in [2.05, 4.69) is 20.2 Å². The Hall–Kier alpha value is -2.81. The molecule has 1 aliphatic heterocycles. The Morgan fingerprint density at radius 1 is 1.08 bits per heavy atom. The minimum absolute atomic E-state index is 0.0217. The Labute approximate surface area is 225 Å². The zero-order chi connectivity index (χ0) is 25.7. The molecule has 0 bridgehead atoms. The van der Waals surface area contributed by atoms with Crippen molar-refractivity contribution in [3.63, 3.8) is 0 Å². The van der Waals surface area contributed by atoms with E-state index in [1.807, 2.05) is 49.1 Å². The first-order valence-electron chi connectivity index (χ1n) is 11.6. The van der Waals surface area contributed by atoms with Gasteiger partial charge in [0.1, 0.15) is 11.0 Å². The van der Waals surface area contributed by atoms with Gasteiger partial charge in [0.25, 0.3) is 5.91 Å². The predicted octanol–water partition coefficient (Wildman–Crippen LogP) is 5.10. The number of nitrogens with one attached hydrogen (secondary N) is 1. The van der Waals surface area contributed by atoms with E-state index in [0.29, 0.717) is 46.3 Å². The van der Waals surface area contributed by atoms with Crippen LogP contribution in [0.1, 0.15) is 35.8 Å². The zero-order valence-electron chi connectivity index (χ0n) is 20.0. The van der Waals surface area contributed by atoms with Gasteiger partial charge in [0.15, 0.2) is 5.16 Å². The lowest BCUT2D eigenvalue weighted by Gasteiger charge is -2.40. The van der Waals surface area contributed by atoms with Crippen molar-refractivity contribution in [3.05, 3.63) is 82.0 Å². The lowest BCUT2D eigenvalue weighted by molar-refractivity contribution is -0.119. The number of anilines is 1. The van der Waals surface area contributed by atoms with Gasteiger partial charge in [-0.3, -0.25) is 9.59 Å². The van der Waals surface area contributed by atoms with E-state index in [9.17, 15) is 9.59 Å². The molecule has 1 N–H and O–H groups in total. The molecule has 0 radical (unpaired) electrons. The second-order valence-corrected chi connectivity index (χ2v) is 10.4. The third kappa shape index (κ3) is 6.69. The van der Waals surface area contributed by atoms with Crippen molar-refractivity contribution >= 4 is 52.6 Å². The third-order valence-electron chi connectivity index (χ3n) is 5.97. The highest BCUT2D eigenvalue weighted by atomic mass is 35.5. The van der Waals surface area contributed by atoms with Crippen molar-refractivity contribution in [2.45, 2.75) is 31.1 Å². The number of piperazine rings is 1. The van der Waals surface area contributed by atoms with Crippen LogP contribution >= 0.6 is 35.0 Å². The molecule has 2 heterocycles. The first kappa shape index (κ1) is 26.3. The molecule has 7 nitrogen and oxygen atoms in total. The quantitative estimate of drug-likeness (QED) is 0.253. The van der Waals surface area contributed by atoms with Crippen molar-refractivity contribution in [2.24, 2.45) is 0 Å². The summed E-state index contributed by atoms with van der Waals surface area (Å²) in [5, 5.41) is 4.34. The molecule has 0 aliphatic carbocycles. The maximum absolute atomic E-state index is 13.0. The first-order chi connectivity index (χ1) is 17.3. The molecule has 2 aromatic carbocycles. The first-order valence-corrected chi connectivity index (χ1v) is 13.4. The maximum Gasteiger partial charge on any atom is 0.254 e. The number of halogens is 2. The Bertz CT molecular complexity index is 1210. The summed E-state index contributed by atoms with van der Waals surface area (Å²) in [4.78, 5) is 38.3. The second-order valence-electron chi connectivity index (χ2n) is 8.62. The zero-order valence-corrected chi connectivity index (χ0v) is 22.4. The number of aromatic nitrogens is 2. The van der Waals surface area contributed by atoms with Crippen molar-refractivity contribution in [3.8, 4) is 0 Å². The van der Waals surface area contributed by atoms with Crippen LogP contribution in [0.3, 0.4) is 0 Å². The molecule has 188 valence electrons. The monoisotopic (exact) mass is 543 g/mol. The summed E-state index contributed by atoms with van der Waals surface area (Å²) >= 11 is 13.5. The average molecular weight is 545 g/mol. The van der Waals surface area contributed by atoms with Gasteiger partial charge < -0.3 is 15.1 Å². The largest absolute Gasteiger partial charge is 0.353 e. The van der Waals surface area contributed by atoms with Crippen LogP contribution in [0.25, 0.3) is 0 Å². The molecule has 0 saturated carbocycles. The van der Waals surface area contributed by atoms with Gasteiger partial charge in [-0.1, -0.05) is 65.3 Å². The summed E-state index contributed by atoms with van der Waals surface area (Å²) in [5.41, 5.74) is 1.66. The van der Waals surface area contributed by atoms with Crippen molar-refractivity contribution in [1.29, 1.82) is 0 Å². The molecule has 3 aromatic rings. The van der Waals surface area contributed by atoms with Gasteiger partial charge in [-0.15, -0.1) is 0 Å². The molecule has 36 heavy (non-hydrogen) atoms. The predicted molar refractivity (Wildman–Crippen MR) is 145 cm³/mol. The van der Waals surface area contributed by atoms with Crippen LogP contribution in [0.15, 0.2) is 65.8 Å². The second kappa shape index (κ2) is 12.0. The Morgan fingerprint density at radius 3 is 2.50 bits per heavy atom. The van der Waals surface area contributed by atoms with E-state index in [-0.39, 0.29) is 29.7 Å². The number of carbonyl (C=O) groups is 2. The van der Waals surface area contributed by atoms with Crippen LogP contribution in [0.4, 0.5) is 5.82 Å². The average Bonchev–Trinajstić information content (AvgIpc) is 2.87. The number of rotatable bonds is 7. The lowest BCUT2D eigenvalue weighted by Crippen LogP contribution is -2.54.